The van der Waals surface area contributed by atoms with E-state index < -0.39 is 53.3 Å². The second-order valence-electron chi connectivity index (χ2n) is 8.25. The lowest BCUT2D eigenvalue weighted by atomic mass is 9.93. The summed E-state index contributed by atoms with van der Waals surface area (Å²) in [6, 6.07) is 3.71. The molecular formula is C22H19Cl2F6N3O3. The van der Waals surface area contributed by atoms with Gasteiger partial charge in [-0.2, -0.15) is 26.3 Å². The predicted octanol–water partition coefficient (Wildman–Crippen LogP) is 6.67. The fourth-order valence-electron chi connectivity index (χ4n) is 4.03. The first-order valence-corrected chi connectivity index (χ1v) is 11.0. The Morgan fingerprint density at radius 2 is 1.47 bits per heavy atom. The van der Waals surface area contributed by atoms with Crippen LogP contribution in [-0.2, 0) is 12.4 Å². The van der Waals surface area contributed by atoms with Crippen LogP contribution in [0.15, 0.2) is 36.4 Å². The monoisotopic (exact) mass is 557 g/mol. The van der Waals surface area contributed by atoms with Crippen molar-refractivity contribution in [2.24, 2.45) is 0 Å². The number of alkyl halides is 6. The molecule has 2 aromatic rings. The molecule has 1 fully saturated rings. The molecule has 0 radical (unpaired) electrons. The van der Waals surface area contributed by atoms with Crippen molar-refractivity contribution in [3.63, 3.8) is 0 Å². The molecule has 0 aromatic heterocycles. The highest BCUT2D eigenvalue weighted by atomic mass is 35.5. The van der Waals surface area contributed by atoms with Crippen LogP contribution < -0.4 is 4.90 Å². The SMILES string of the molecule is CN(C(=O)N(C)[C@@H]1CN(C(=O)O)C[C@H]1c1ccc(Cl)c(Cl)c1)c1cc(C(F)(F)F)cc(C(F)(F)F)c1. The van der Waals surface area contributed by atoms with Crippen LogP contribution in [0.25, 0.3) is 0 Å². The number of nitrogens with zero attached hydrogens (tertiary/aromatic N) is 3. The summed E-state index contributed by atoms with van der Waals surface area (Å²) >= 11 is 12.0. The molecule has 0 saturated carbocycles. The fraction of sp³-hybridized carbons (Fsp3) is 0.364. The van der Waals surface area contributed by atoms with Crippen molar-refractivity contribution in [1.82, 2.24) is 9.80 Å². The number of halogens is 8. The third-order valence-electron chi connectivity index (χ3n) is 5.98. The Morgan fingerprint density at radius 3 is 1.94 bits per heavy atom. The summed E-state index contributed by atoms with van der Waals surface area (Å²) in [5.74, 6) is -0.592. The number of hydrogen-bond donors (Lipinski definition) is 1. The molecule has 1 saturated heterocycles. The number of anilines is 1. The summed E-state index contributed by atoms with van der Waals surface area (Å²) in [6.45, 7) is -0.173. The number of carbonyl (C=O) groups is 2. The van der Waals surface area contributed by atoms with E-state index in [-0.39, 0.29) is 29.2 Å². The molecule has 1 aliphatic rings. The number of amides is 3. The van der Waals surface area contributed by atoms with Crippen molar-refractivity contribution in [1.29, 1.82) is 0 Å². The maximum Gasteiger partial charge on any atom is 0.416 e. The van der Waals surface area contributed by atoms with Crippen LogP contribution in [0, 0.1) is 0 Å². The van der Waals surface area contributed by atoms with Gasteiger partial charge in [-0.3, -0.25) is 4.90 Å². The van der Waals surface area contributed by atoms with Gasteiger partial charge in [-0.05, 0) is 35.9 Å². The van der Waals surface area contributed by atoms with Crippen molar-refractivity contribution in [3.05, 3.63) is 63.1 Å². The summed E-state index contributed by atoms with van der Waals surface area (Å²) in [6.07, 6.45) is -11.4. The van der Waals surface area contributed by atoms with E-state index in [1.807, 2.05) is 0 Å². The number of hydrogen-bond acceptors (Lipinski definition) is 2. The number of rotatable bonds is 3. The first kappa shape index (κ1) is 27.7. The number of benzene rings is 2. The van der Waals surface area contributed by atoms with Crippen LogP contribution in [0.3, 0.4) is 0 Å². The molecule has 3 rings (SSSR count). The molecule has 14 heteroatoms. The van der Waals surface area contributed by atoms with Gasteiger partial charge in [0.15, 0.2) is 0 Å². The second-order valence-corrected chi connectivity index (χ2v) is 9.07. The molecule has 0 spiro atoms. The summed E-state index contributed by atoms with van der Waals surface area (Å²) < 4.78 is 79.6. The third-order valence-corrected chi connectivity index (χ3v) is 6.72. The predicted molar refractivity (Wildman–Crippen MR) is 121 cm³/mol. The van der Waals surface area contributed by atoms with E-state index in [1.54, 1.807) is 6.07 Å². The van der Waals surface area contributed by atoms with Crippen LogP contribution in [0.4, 0.5) is 41.6 Å². The van der Waals surface area contributed by atoms with Crippen molar-refractivity contribution in [2.75, 3.05) is 32.1 Å². The average molecular weight is 558 g/mol. The molecule has 6 nitrogen and oxygen atoms in total. The van der Waals surface area contributed by atoms with Crippen LogP contribution >= 0.6 is 23.2 Å². The molecule has 196 valence electrons. The van der Waals surface area contributed by atoms with Crippen molar-refractivity contribution in [2.45, 2.75) is 24.3 Å². The fourth-order valence-corrected chi connectivity index (χ4v) is 4.33. The molecular weight excluding hydrogens is 539 g/mol. The van der Waals surface area contributed by atoms with E-state index in [4.69, 9.17) is 23.2 Å². The van der Waals surface area contributed by atoms with Crippen molar-refractivity contribution in [3.8, 4) is 0 Å². The number of carbonyl (C=O) groups excluding carboxylic acids is 1. The zero-order valence-corrected chi connectivity index (χ0v) is 20.2. The van der Waals surface area contributed by atoms with Gasteiger partial charge in [-0.15, -0.1) is 0 Å². The average Bonchev–Trinajstić information content (AvgIpc) is 3.24. The van der Waals surface area contributed by atoms with Gasteiger partial charge in [0.25, 0.3) is 0 Å². The van der Waals surface area contributed by atoms with E-state index >= 15 is 0 Å². The third kappa shape index (κ3) is 5.75. The van der Waals surface area contributed by atoms with E-state index in [0.29, 0.717) is 22.6 Å². The lowest BCUT2D eigenvalue weighted by Gasteiger charge is -2.33. The molecule has 1 N–H and O–H groups in total. The van der Waals surface area contributed by atoms with E-state index in [0.717, 1.165) is 16.8 Å². The summed E-state index contributed by atoms with van der Waals surface area (Å²) in [4.78, 5) is 27.6. The first-order valence-electron chi connectivity index (χ1n) is 10.2. The molecule has 36 heavy (non-hydrogen) atoms. The summed E-state index contributed by atoms with van der Waals surface area (Å²) in [7, 11) is 2.32. The van der Waals surface area contributed by atoms with Crippen molar-refractivity contribution < 1.29 is 41.0 Å². The normalized spacial score (nSPS) is 18.3. The molecule has 1 heterocycles. The van der Waals surface area contributed by atoms with Gasteiger partial charge in [-0.1, -0.05) is 29.3 Å². The van der Waals surface area contributed by atoms with Crippen LogP contribution in [0.1, 0.15) is 22.6 Å². The maximum atomic E-state index is 13.3. The van der Waals surface area contributed by atoms with E-state index in [2.05, 4.69) is 0 Å². The van der Waals surface area contributed by atoms with Gasteiger partial charge in [0.2, 0.25) is 0 Å². The zero-order chi connectivity index (χ0) is 27.2. The standard InChI is InChI=1S/C22H19Cl2F6N3O3/c1-31(14-7-12(21(25,26)27)6-13(8-14)22(28,29)30)19(34)32(2)18-10-33(20(35)36)9-15(18)11-3-4-16(23)17(24)5-11/h3-8,15,18H,9-10H2,1-2H3,(H,35,36)/t15-,18+/m0/s1. The number of likely N-dealkylation sites (tertiary alicyclic amines) is 1. The van der Waals surface area contributed by atoms with E-state index in [1.165, 1.54) is 19.2 Å². The van der Waals surface area contributed by atoms with E-state index in [9.17, 15) is 41.0 Å². The number of urea groups is 1. The Labute approximate surface area is 211 Å². The van der Waals surface area contributed by atoms with Gasteiger partial charge < -0.3 is 14.9 Å². The minimum absolute atomic E-state index is 0.0267. The van der Waals surface area contributed by atoms with Gasteiger partial charge in [-0.25, -0.2) is 9.59 Å². The Bertz CT molecular complexity index is 1140. The molecule has 0 bridgehead atoms. The highest BCUT2D eigenvalue weighted by Crippen LogP contribution is 2.39. The Kier molecular flexibility index (Phi) is 7.62. The highest BCUT2D eigenvalue weighted by Gasteiger charge is 2.42. The molecule has 2 aromatic carbocycles. The van der Waals surface area contributed by atoms with Gasteiger partial charge >= 0.3 is 24.5 Å². The number of likely N-dealkylation sites (N-methyl/N-ethyl adjacent to an activating group) is 1. The minimum Gasteiger partial charge on any atom is -0.465 e. The maximum absolute atomic E-state index is 13.3. The number of carboxylic acid groups (broad SMARTS) is 1. The van der Waals surface area contributed by atoms with Gasteiger partial charge in [0, 0.05) is 38.8 Å². The lowest BCUT2D eigenvalue weighted by molar-refractivity contribution is -0.143. The minimum atomic E-state index is -5.09. The molecule has 1 aliphatic heterocycles. The molecule has 3 amide bonds. The smallest absolute Gasteiger partial charge is 0.416 e. The summed E-state index contributed by atoms with van der Waals surface area (Å²) in [5.41, 5.74) is -3.21. The molecule has 2 atom stereocenters. The summed E-state index contributed by atoms with van der Waals surface area (Å²) in [5, 5.41) is 9.91. The van der Waals surface area contributed by atoms with Gasteiger partial charge in [0.1, 0.15) is 0 Å². The topological polar surface area (TPSA) is 64.1 Å². The van der Waals surface area contributed by atoms with Crippen LogP contribution in [-0.4, -0.2) is 60.3 Å². The van der Waals surface area contributed by atoms with Crippen molar-refractivity contribution >= 4 is 41.0 Å². The van der Waals surface area contributed by atoms with Gasteiger partial charge in [0.05, 0.1) is 27.2 Å². The Balaban J connectivity index is 1.97. The quantitative estimate of drug-likeness (QED) is 0.429. The zero-order valence-electron chi connectivity index (χ0n) is 18.7. The Hall–Kier alpha value is -2.86. The largest absolute Gasteiger partial charge is 0.465 e. The van der Waals surface area contributed by atoms with Crippen LogP contribution in [0.2, 0.25) is 10.0 Å². The second kappa shape index (κ2) is 9.89. The first-order chi connectivity index (χ1) is 16.5. The molecule has 0 unspecified atom stereocenters. The molecule has 0 aliphatic carbocycles. The highest BCUT2D eigenvalue weighted by molar-refractivity contribution is 6.42. The Morgan fingerprint density at radius 1 is 0.917 bits per heavy atom. The van der Waals surface area contributed by atoms with Crippen LogP contribution in [0.5, 0.6) is 0 Å². The lowest BCUT2D eigenvalue weighted by Crippen LogP contribution is -2.47.